The van der Waals surface area contributed by atoms with Gasteiger partial charge in [-0.15, -0.1) is 0 Å². The van der Waals surface area contributed by atoms with Crippen LogP contribution >= 0.6 is 0 Å². The van der Waals surface area contributed by atoms with E-state index in [1.807, 2.05) is 20.8 Å². The number of nitrogens with one attached hydrogen (secondary N) is 1. The molecule has 0 aromatic carbocycles. The normalized spacial score (nSPS) is 25.0. The van der Waals surface area contributed by atoms with Gasteiger partial charge in [-0.3, -0.25) is 9.36 Å². The van der Waals surface area contributed by atoms with Crippen molar-refractivity contribution in [2.75, 3.05) is 11.9 Å². The van der Waals surface area contributed by atoms with Gasteiger partial charge in [0, 0.05) is 5.41 Å². The molecule has 0 saturated carbocycles. The lowest BCUT2D eigenvalue weighted by Gasteiger charge is -2.33. The summed E-state index contributed by atoms with van der Waals surface area (Å²) in [5.41, 5.74) is -1.80. The van der Waals surface area contributed by atoms with Gasteiger partial charge in [-0.05, 0) is 18.3 Å². The Morgan fingerprint density at radius 1 is 1.26 bits per heavy atom. The molecular formula is C22H29F4N5O4. The van der Waals surface area contributed by atoms with Gasteiger partial charge >= 0.3 is 6.18 Å². The molecule has 1 fully saturated rings. The van der Waals surface area contributed by atoms with Gasteiger partial charge in [0.25, 0.3) is 0 Å². The van der Waals surface area contributed by atoms with Crippen molar-refractivity contribution < 1.29 is 37.0 Å². The monoisotopic (exact) mass is 503 g/mol. The molecule has 3 heterocycles. The summed E-state index contributed by atoms with van der Waals surface area (Å²) in [5, 5.41) is 11.9. The molecule has 1 saturated heterocycles. The van der Waals surface area contributed by atoms with Gasteiger partial charge in [0.1, 0.15) is 6.29 Å². The lowest BCUT2D eigenvalue weighted by atomic mass is 9.73. The van der Waals surface area contributed by atoms with E-state index in [2.05, 4.69) is 20.3 Å². The van der Waals surface area contributed by atoms with Crippen molar-refractivity contribution >= 4 is 29.2 Å². The molecule has 194 valence electrons. The Labute approximate surface area is 199 Å². The highest BCUT2D eigenvalue weighted by molar-refractivity contribution is 5.99. The maximum absolute atomic E-state index is 14.9. The highest BCUT2D eigenvalue weighted by atomic mass is 19.4. The minimum Gasteiger partial charge on any atom is -0.394 e. The molecule has 35 heavy (non-hydrogen) atoms. The van der Waals surface area contributed by atoms with E-state index in [0.29, 0.717) is 12.8 Å². The number of nitrogens with zero attached hydrogens (tertiary/aromatic N) is 4. The summed E-state index contributed by atoms with van der Waals surface area (Å²) in [7, 11) is 0. The molecule has 1 unspecified atom stereocenters. The Morgan fingerprint density at radius 3 is 2.40 bits per heavy atom. The zero-order valence-electron chi connectivity index (χ0n) is 20.1. The molecule has 2 aromatic rings. The van der Waals surface area contributed by atoms with E-state index in [1.165, 1.54) is 0 Å². The van der Waals surface area contributed by atoms with Crippen LogP contribution in [0.5, 0.6) is 0 Å². The van der Waals surface area contributed by atoms with Crippen molar-refractivity contribution in [2.45, 2.75) is 72.1 Å². The Bertz CT molecular complexity index is 1100. The largest absolute Gasteiger partial charge is 0.451 e. The number of ether oxygens (including phenoxy) is 1. The first-order valence-corrected chi connectivity index (χ1v) is 11.1. The number of aliphatic hydroxyl groups excluding tert-OH is 1. The van der Waals surface area contributed by atoms with Crippen LogP contribution in [-0.4, -0.2) is 55.7 Å². The maximum Gasteiger partial charge on any atom is 0.451 e. The van der Waals surface area contributed by atoms with Crippen molar-refractivity contribution in [1.29, 1.82) is 0 Å². The second-order valence-corrected chi connectivity index (χ2v) is 10.2. The van der Waals surface area contributed by atoms with Crippen LogP contribution in [0.3, 0.4) is 0 Å². The van der Waals surface area contributed by atoms with E-state index in [1.54, 1.807) is 13.8 Å². The summed E-state index contributed by atoms with van der Waals surface area (Å²) in [6.45, 7) is 8.69. The molecule has 0 bridgehead atoms. The number of halogens is 4. The van der Waals surface area contributed by atoms with E-state index in [9.17, 15) is 32.3 Å². The molecule has 0 aliphatic carbocycles. The molecule has 1 aliphatic heterocycles. The summed E-state index contributed by atoms with van der Waals surface area (Å²) in [5.74, 6) is -3.90. The number of alkyl halides is 4. The summed E-state index contributed by atoms with van der Waals surface area (Å²) in [4.78, 5) is 35.5. The van der Waals surface area contributed by atoms with Crippen LogP contribution in [-0.2, 0) is 20.5 Å². The molecule has 9 nitrogen and oxygen atoms in total. The fourth-order valence-electron chi connectivity index (χ4n) is 4.40. The molecule has 2 aromatic heterocycles. The van der Waals surface area contributed by atoms with E-state index in [0.717, 1.165) is 10.9 Å². The molecule has 0 spiro atoms. The number of fused-ring (bicyclic) bond motifs is 1. The molecule has 1 amide bonds. The zero-order valence-corrected chi connectivity index (χ0v) is 20.1. The van der Waals surface area contributed by atoms with Crippen molar-refractivity contribution in [1.82, 2.24) is 19.5 Å². The molecule has 5 atom stereocenters. The van der Waals surface area contributed by atoms with Crippen LogP contribution in [0.15, 0.2) is 6.33 Å². The zero-order chi connectivity index (χ0) is 26.3. The number of amides is 1. The molecular weight excluding hydrogens is 474 g/mol. The van der Waals surface area contributed by atoms with Gasteiger partial charge in [0.15, 0.2) is 29.4 Å². The first kappa shape index (κ1) is 26.9. The molecule has 2 N–H and O–H groups in total. The number of hydrogen-bond donors (Lipinski definition) is 2. The number of imidazole rings is 1. The SMILES string of the molecule is CCC(C)(CC(C)(C)C)C(=O)Nc1nc(C(F)(F)F)nc2c1ncn2[C@@H]1O[C@H](CO)[C@@H](C=O)[C@@H]1F. The molecule has 3 rings (SSSR count). The second kappa shape index (κ2) is 9.41. The first-order valence-electron chi connectivity index (χ1n) is 11.1. The third-order valence-electron chi connectivity index (χ3n) is 6.15. The predicted octanol–water partition coefficient (Wildman–Crippen LogP) is 3.68. The second-order valence-electron chi connectivity index (χ2n) is 10.2. The Balaban J connectivity index is 2.09. The number of rotatable bonds is 7. The molecule has 13 heteroatoms. The minimum atomic E-state index is -4.98. The maximum atomic E-state index is 14.9. The number of hydrogen-bond acceptors (Lipinski definition) is 7. The lowest BCUT2D eigenvalue weighted by molar-refractivity contribution is -0.144. The average Bonchev–Trinajstić information content (AvgIpc) is 3.31. The van der Waals surface area contributed by atoms with E-state index in [4.69, 9.17) is 4.74 Å². The average molecular weight is 503 g/mol. The third kappa shape index (κ3) is 5.30. The third-order valence-corrected chi connectivity index (χ3v) is 6.15. The van der Waals surface area contributed by atoms with Crippen LogP contribution < -0.4 is 5.32 Å². The fourth-order valence-corrected chi connectivity index (χ4v) is 4.40. The van der Waals surface area contributed by atoms with Crippen molar-refractivity contribution in [3.05, 3.63) is 12.2 Å². The minimum absolute atomic E-state index is 0.202. The van der Waals surface area contributed by atoms with Crippen LogP contribution in [0.1, 0.15) is 59.5 Å². The van der Waals surface area contributed by atoms with Crippen LogP contribution in [0, 0.1) is 16.7 Å². The number of aldehydes is 1. The van der Waals surface area contributed by atoms with Crippen LogP contribution in [0.4, 0.5) is 23.4 Å². The standard InChI is InChI=1S/C22H29F4N5O4/c1-6-21(5,9-20(2,3)4)19(34)29-15-14-16(30-18(28-15)22(24,25)26)31(10-27-14)17-13(23)11(7-32)12(8-33)35-17/h7,10-13,17,33H,6,8-9H2,1-5H3,(H,28,29,30,34)/t11-,12-,13+,17-,21?/m1/s1. The number of carbonyl (C=O) groups is 2. The molecule has 1 aliphatic rings. The first-order chi connectivity index (χ1) is 16.1. The molecule has 0 radical (unpaired) electrons. The van der Waals surface area contributed by atoms with Gasteiger partial charge in [0.05, 0.1) is 25.0 Å². The van der Waals surface area contributed by atoms with Gasteiger partial charge in [0.2, 0.25) is 11.7 Å². The highest BCUT2D eigenvalue weighted by Gasteiger charge is 2.47. The lowest BCUT2D eigenvalue weighted by Crippen LogP contribution is -2.37. The van der Waals surface area contributed by atoms with E-state index >= 15 is 0 Å². The quantitative estimate of drug-likeness (QED) is 0.437. The topological polar surface area (TPSA) is 119 Å². The summed E-state index contributed by atoms with van der Waals surface area (Å²) < 4.78 is 62.1. The van der Waals surface area contributed by atoms with Gasteiger partial charge in [-0.25, -0.2) is 19.3 Å². The van der Waals surface area contributed by atoms with Gasteiger partial charge in [-0.2, -0.15) is 13.2 Å². The Morgan fingerprint density at radius 2 is 1.91 bits per heavy atom. The summed E-state index contributed by atoms with van der Waals surface area (Å²) in [6, 6.07) is 0. The predicted molar refractivity (Wildman–Crippen MR) is 117 cm³/mol. The van der Waals surface area contributed by atoms with E-state index < -0.39 is 65.8 Å². The van der Waals surface area contributed by atoms with Gasteiger partial charge < -0.3 is 20.0 Å². The summed E-state index contributed by atoms with van der Waals surface area (Å²) in [6.07, 6.45) is -7.54. The summed E-state index contributed by atoms with van der Waals surface area (Å²) >= 11 is 0. The van der Waals surface area contributed by atoms with Crippen molar-refractivity contribution in [2.24, 2.45) is 16.7 Å². The highest BCUT2D eigenvalue weighted by Crippen LogP contribution is 2.40. The number of carbonyl (C=O) groups excluding carboxylic acids is 2. The van der Waals surface area contributed by atoms with Gasteiger partial charge in [-0.1, -0.05) is 34.6 Å². The van der Waals surface area contributed by atoms with Crippen molar-refractivity contribution in [3.63, 3.8) is 0 Å². The van der Waals surface area contributed by atoms with E-state index in [-0.39, 0.29) is 17.2 Å². The Hall–Kier alpha value is -2.67. The number of aromatic nitrogens is 4. The smallest absolute Gasteiger partial charge is 0.394 e. The Kier molecular flexibility index (Phi) is 7.24. The number of aliphatic hydroxyl groups is 1. The van der Waals surface area contributed by atoms with Crippen molar-refractivity contribution in [3.8, 4) is 0 Å². The van der Waals surface area contributed by atoms with Crippen LogP contribution in [0.2, 0.25) is 0 Å². The fraction of sp³-hybridized carbons (Fsp3) is 0.682. The van der Waals surface area contributed by atoms with Crippen LogP contribution in [0.25, 0.3) is 11.2 Å². The number of anilines is 1.